The maximum Gasteiger partial charge on any atom is 0.123 e. The second kappa shape index (κ2) is 7.90. The molecule has 0 spiro atoms. The van der Waals surface area contributed by atoms with Gasteiger partial charge < -0.3 is 15.9 Å². The zero-order chi connectivity index (χ0) is 16.0. The highest BCUT2D eigenvalue weighted by Crippen LogP contribution is 2.32. The van der Waals surface area contributed by atoms with Crippen LogP contribution in [-0.4, -0.2) is 51.4 Å². The number of nitrogen functional groups attached to an aromatic ring is 1. The first-order valence-electron chi connectivity index (χ1n) is 8.30. The minimum Gasteiger partial charge on any atom is -0.395 e. The lowest BCUT2D eigenvalue weighted by atomic mass is 9.97. The number of pyridine rings is 1. The Balaban J connectivity index is 1.87. The normalized spacial score (nSPS) is 18.7. The van der Waals surface area contributed by atoms with E-state index in [1.807, 2.05) is 25.3 Å². The highest BCUT2D eigenvalue weighted by atomic mass is 16.3. The quantitative estimate of drug-likeness (QED) is 0.679. The zero-order valence-electron chi connectivity index (χ0n) is 13.5. The predicted octanol–water partition coefficient (Wildman–Crippen LogP) is 1.58. The van der Waals surface area contributed by atoms with E-state index in [1.54, 1.807) is 0 Å². The average Bonchev–Trinajstić information content (AvgIpc) is 2.95. The van der Waals surface area contributed by atoms with Crippen molar-refractivity contribution >= 4 is 5.82 Å². The van der Waals surface area contributed by atoms with Gasteiger partial charge in [-0.25, -0.2) is 4.98 Å². The lowest BCUT2D eigenvalue weighted by Crippen LogP contribution is -2.41. The zero-order valence-corrected chi connectivity index (χ0v) is 13.5. The Morgan fingerprint density at radius 3 is 2.64 bits per heavy atom. The third kappa shape index (κ3) is 4.93. The van der Waals surface area contributed by atoms with Crippen molar-refractivity contribution in [3.05, 3.63) is 23.9 Å². The Labute approximate surface area is 133 Å². The van der Waals surface area contributed by atoms with E-state index in [9.17, 15) is 10.2 Å². The van der Waals surface area contributed by atoms with Crippen molar-refractivity contribution in [1.29, 1.82) is 0 Å². The van der Waals surface area contributed by atoms with Gasteiger partial charge in [0.15, 0.2) is 0 Å². The summed E-state index contributed by atoms with van der Waals surface area (Å²) in [6, 6.07) is 3.91. The fourth-order valence-electron chi connectivity index (χ4n) is 3.16. The molecule has 0 unspecified atom stereocenters. The van der Waals surface area contributed by atoms with Crippen molar-refractivity contribution < 1.29 is 10.2 Å². The van der Waals surface area contributed by atoms with Gasteiger partial charge in [0, 0.05) is 25.3 Å². The average molecular weight is 307 g/mol. The lowest BCUT2D eigenvalue weighted by molar-refractivity contribution is 0.0200. The Kier molecular flexibility index (Phi) is 6.17. The molecule has 1 aliphatic carbocycles. The summed E-state index contributed by atoms with van der Waals surface area (Å²) < 4.78 is 0. The van der Waals surface area contributed by atoms with Crippen molar-refractivity contribution in [2.24, 2.45) is 0 Å². The summed E-state index contributed by atoms with van der Waals surface area (Å²) in [5.41, 5.74) is 6.25. The van der Waals surface area contributed by atoms with Gasteiger partial charge >= 0.3 is 0 Å². The molecule has 5 heteroatoms. The minimum atomic E-state index is -0.490. The van der Waals surface area contributed by atoms with E-state index in [4.69, 9.17) is 5.73 Å². The van der Waals surface area contributed by atoms with Crippen LogP contribution in [0.3, 0.4) is 0 Å². The Hall–Kier alpha value is -1.17. The van der Waals surface area contributed by atoms with E-state index in [0.29, 0.717) is 5.82 Å². The third-order valence-electron chi connectivity index (χ3n) is 4.82. The Bertz CT molecular complexity index is 444. The van der Waals surface area contributed by atoms with E-state index >= 15 is 0 Å². The van der Waals surface area contributed by atoms with Crippen LogP contribution in [0.15, 0.2) is 18.3 Å². The maximum absolute atomic E-state index is 10.5. The highest BCUT2D eigenvalue weighted by molar-refractivity contribution is 5.29. The molecule has 1 fully saturated rings. The third-order valence-corrected chi connectivity index (χ3v) is 4.82. The first kappa shape index (κ1) is 17.2. The number of aliphatic hydroxyl groups excluding tert-OH is 1. The molecule has 22 heavy (non-hydrogen) atoms. The molecule has 0 amide bonds. The van der Waals surface area contributed by atoms with Gasteiger partial charge in [-0.2, -0.15) is 0 Å². The van der Waals surface area contributed by atoms with E-state index in [-0.39, 0.29) is 12.6 Å². The van der Waals surface area contributed by atoms with E-state index in [1.165, 1.54) is 0 Å². The number of anilines is 1. The summed E-state index contributed by atoms with van der Waals surface area (Å²) in [5, 5.41) is 20.0. The molecular weight excluding hydrogens is 278 g/mol. The van der Waals surface area contributed by atoms with Crippen LogP contribution >= 0.6 is 0 Å². The standard InChI is InChI=1S/C17H29N3O2/c1-14(13-21)20(11-9-17(22)7-2-3-8-17)10-6-15-4-5-16(18)19-12-15/h4-5,12,14,21-22H,2-3,6-11,13H2,1H3,(H2,18,19)/t14-/m0/s1. The van der Waals surface area contributed by atoms with Crippen LogP contribution in [0, 0.1) is 0 Å². The van der Waals surface area contributed by atoms with Gasteiger partial charge in [0.1, 0.15) is 5.82 Å². The predicted molar refractivity (Wildman–Crippen MR) is 88.5 cm³/mol. The van der Waals surface area contributed by atoms with Gasteiger partial charge in [-0.05, 0) is 44.2 Å². The SMILES string of the molecule is C[C@@H](CO)N(CCc1ccc(N)nc1)CCC1(O)CCCC1. The summed E-state index contributed by atoms with van der Waals surface area (Å²) in [6.45, 7) is 3.84. The monoisotopic (exact) mass is 307 g/mol. The molecule has 1 aromatic heterocycles. The molecule has 0 saturated heterocycles. The maximum atomic E-state index is 10.5. The van der Waals surface area contributed by atoms with Crippen molar-refractivity contribution in [2.45, 2.75) is 57.1 Å². The number of aliphatic hydroxyl groups is 2. The van der Waals surface area contributed by atoms with Crippen LogP contribution in [0.4, 0.5) is 5.82 Å². The van der Waals surface area contributed by atoms with E-state index in [0.717, 1.165) is 57.2 Å². The molecule has 0 bridgehead atoms. The summed E-state index contributed by atoms with van der Waals surface area (Å²) in [7, 11) is 0. The Morgan fingerprint density at radius 1 is 1.32 bits per heavy atom. The number of nitrogens with zero attached hydrogens (tertiary/aromatic N) is 2. The molecule has 1 aliphatic rings. The summed E-state index contributed by atoms with van der Waals surface area (Å²) in [6.07, 6.45) is 7.55. The molecule has 1 heterocycles. The topological polar surface area (TPSA) is 82.6 Å². The number of rotatable bonds is 8. The largest absolute Gasteiger partial charge is 0.395 e. The molecule has 0 aromatic carbocycles. The van der Waals surface area contributed by atoms with Crippen molar-refractivity contribution in [3.8, 4) is 0 Å². The van der Waals surface area contributed by atoms with Crippen LogP contribution in [0.2, 0.25) is 0 Å². The first-order chi connectivity index (χ1) is 10.5. The molecule has 1 aromatic rings. The number of hydrogen-bond donors (Lipinski definition) is 3. The number of hydrogen-bond acceptors (Lipinski definition) is 5. The lowest BCUT2D eigenvalue weighted by Gasteiger charge is -2.31. The van der Waals surface area contributed by atoms with E-state index < -0.39 is 5.60 Å². The number of nitrogens with two attached hydrogens (primary N) is 1. The minimum absolute atomic E-state index is 0.103. The highest BCUT2D eigenvalue weighted by Gasteiger charge is 2.31. The Morgan fingerprint density at radius 2 is 2.05 bits per heavy atom. The van der Waals surface area contributed by atoms with Gasteiger partial charge in [-0.3, -0.25) is 4.90 Å². The molecule has 0 radical (unpaired) electrons. The van der Waals surface area contributed by atoms with Crippen LogP contribution in [-0.2, 0) is 6.42 Å². The molecule has 2 rings (SSSR count). The molecule has 1 saturated carbocycles. The van der Waals surface area contributed by atoms with Gasteiger partial charge in [0.2, 0.25) is 0 Å². The fourth-order valence-corrected chi connectivity index (χ4v) is 3.16. The van der Waals surface area contributed by atoms with Crippen LogP contribution in [0.25, 0.3) is 0 Å². The summed E-state index contributed by atoms with van der Waals surface area (Å²) in [4.78, 5) is 6.37. The second-order valence-corrected chi connectivity index (χ2v) is 6.59. The molecule has 124 valence electrons. The fraction of sp³-hybridized carbons (Fsp3) is 0.706. The van der Waals surface area contributed by atoms with E-state index in [2.05, 4.69) is 9.88 Å². The summed E-state index contributed by atoms with van der Waals surface area (Å²) >= 11 is 0. The molecule has 1 atom stereocenters. The molecular formula is C17H29N3O2. The van der Waals surface area contributed by atoms with Gasteiger partial charge in [-0.1, -0.05) is 18.9 Å². The molecule has 5 nitrogen and oxygen atoms in total. The molecule has 4 N–H and O–H groups in total. The smallest absolute Gasteiger partial charge is 0.123 e. The van der Waals surface area contributed by atoms with Gasteiger partial charge in [0.05, 0.1) is 12.2 Å². The van der Waals surface area contributed by atoms with Gasteiger partial charge in [-0.15, -0.1) is 0 Å². The van der Waals surface area contributed by atoms with Crippen molar-refractivity contribution in [3.63, 3.8) is 0 Å². The van der Waals surface area contributed by atoms with Crippen molar-refractivity contribution in [1.82, 2.24) is 9.88 Å². The second-order valence-electron chi connectivity index (χ2n) is 6.59. The summed E-state index contributed by atoms with van der Waals surface area (Å²) in [5.74, 6) is 0.535. The first-order valence-corrected chi connectivity index (χ1v) is 8.30. The number of aromatic nitrogens is 1. The van der Waals surface area contributed by atoms with Crippen LogP contribution < -0.4 is 5.73 Å². The van der Waals surface area contributed by atoms with Crippen LogP contribution in [0.5, 0.6) is 0 Å². The van der Waals surface area contributed by atoms with Gasteiger partial charge in [0.25, 0.3) is 0 Å². The van der Waals surface area contributed by atoms with Crippen LogP contribution in [0.1, 0.15) is 44.6 Å². The van der Waals surface area contributed by atoms with Crippen molar-refractivity contribution in [2.75, 3.05) is 25.4 Å². The molecule has 0 aliphatic heterocycles.